The summed E-state index contributed by atoms with van der Waals surface area (Å²) in [6.45, 7) is 3.73. The van der Waals surface area contributed by atoms with Gasteiger partial charge in [-0.1, -0.05) is 6.07 Å². The average Bonchev–Trinajstić information content (AvgIpc) is 2.75. The second kappa shape index (κ2) is 5.27. The predicted molar refractivity (Wildman–Crippen MR) is 72.5 cm³/mol. The van der Waals surface area contributed by atoms with E-state index in [0.29, 0.717) is 0 Å². The monoisotopic (exact) mass is 278 g/mol. The fourth-order valence-corrected chi connectivity index (χ4v) is 2.44. The smallest absolute Gasteiger partial charge is 0.259 e. The van der Waals surface area contributed by atoms with Crippen LogP contribution >= 0.6 is 11.3 Å². The lowest BCUT2D eigenvalue weighted by molar-refractivity contribution is 0.0934. The number of carbonyl (C=O) groups is 1. The molecule has 0 spiro atoms. The lowest BCUT2D eigenvalue weighted by atomic mass is 10.1. The van der Waals surface area contributed by atoms with E-state index in [4.69, 9.17) is 0 Å². The Hall–Kier alpha value is -2.08. The number of phenolic OH excluding ortho intramolecular Hbond substituents is 2. The molecule has 1 aromatic heterocycles. The van der Waals surface area contributed by atoms with Gasteiger partial charge in [-0.25, -0.2) is 4.98 Å². The van der Waals surface area contributed by atoms with Crippen LogP contribution in [-0.4, -0.2) is 21.1 Å². The lowest BCUT2D eigenvalue weighted by Gasteiger charge is -2.12. The molecule has 3 N–H and O–H groups in total. The maximum atomic E-state index is 12.0. The van der Waals surface area contributed by atoms with Crippen molar-refractivity contribution in [2.75, 3.05) is 0 Å². The summed E-state index contributed by atoms with van der Waals surface area (Å²) in [6, 6.07) is 3.89. The van der Waals surface area contributed by atoms with Crippen molar-refractivity contribution in [1.29, 1.82) is 0 Å². The number of benzene rings is 1. The summed E-state index contributed by atoms with van der Waals surface area (Å²) in [7, 11) is 0. The molecule has 2 aromatic rings. The van der Waals surface area contributed by atoms with Crippen LogP contribution in [0.4, 0.5) is 0 Å². The number of rotatable bonds is 3. The van der Waals surface area contributed by atoms with E-state index in [2.05, 4.69) is 10.3 Å². The fourth-order valence-electron chi connectivity index (χ4n) is 1.66. The molecule has 1 heterocycles. The average molecular weight is 278 g/mol. The Kier molecular flexibility index (Phi) is 3.71. The molecule has 6 heteroatoms. The Morgan fingerprint density at radius 3 is 2.53 bits per heavy atom. The summed E-state index contributed by atoms with van der Waals surface area (Å²) >= 11 is 1.49. The van der Waals surface area contributed by atoms with Gasteiger partial charge in [0.1, 0.15) is 22.1 Å². The summed E-state index contributed by atoms with van der Waals surface area (Å²) < 4.78 is 0. The van der Waals surface area contributed by atoms with Gasteiger partial charge in [0, 0.05) is 11.1 Å². The number of hydrogen-bond donors (Lipinski definition) is 3. The van der Waals surface area contributed by atoms with Crippen LogP contribution < -0.4 is 5.32 Å². The summed E-state index contributed by atoms with van der Waals surface area (Å²) in [5, 5.41) is 22.7. The van der Waals surface area contributed by atoms with Crippen molar-refractivity contribution >= 4 is 17.2 Å². The molecule has 0 aliphatic rings. The normalized spacial score (nSPS) is 12.1. The second-order valence-corrected chi connectivity index (χ2v) is 5.44. The summed E-state index contributed by atoms with van der Waals surface area (Å²) in [5.41, 5.74) is -0.123. The molecular weight excluding hydrogens is 264 g/mol. The molecule has 1 aromatic carbocycles. The minimum atomic E-state index is -0.532. The SMILES string of the molecule is Cc1cnc(C(C)NC(=O)c2c(O)cccc2O)s1. The van der Waals surface area contributed by atoms with E-state index in [1.807, 2.05) is 6.92 Å². The molecule has 5 nitrogen and oxygen atoms in total. The first-order valence-corrected chi connectivity index (χ1v) is 6.55. The zero-order chi connectivity index (χ0) is 14.0. The zero-order valence-electron chi connectivity index (χ0n) is 10.5. The van der Waals surface area contributed by atoms with Crippen LogP contribution in [0.1, 0.15) is 33.2 Å². The zero-order valence-corrected chi connectivity index (χ0v) is 11.4. The molecule has 1 atom stereocenters. The number of nitrogens with one attached hydrogen (secondary N) is 1. The van der Waals surface area contributed by atoms with Crippen molar-refractivity contribution in [3.8, 4) is 11.5 Å². The quantitative estimate of drug-likeness (QED) is 0.805. The molecule has 0 saturated carbocycles. The van der Waals surface area contributed by atoms with Gasteiger partial charge in [-0.3, -0.25) is 4.79 Å². The molecule has 1 unspecified atom stereocenters. The van der Waals surface area contributed by atoms with E-state index in [1.165, 1.54) is 29.5 Å². The first-order valence-electron chi connectivity index (χ1n) is 5.73. The molecule has 0 aliphatic heterocycles. The molecule has 1 amide bonds. The molecule has 0 aliphatic carbocycles. The number of hydrogen-bond acceptors (Lipinski definition) is 5. The van der Waals surface area contributed by atoms with Gasteiger partial charge in [0.25, 0.3) is 5.91 Å². The number of aromatic hydroxyl groups is 2. The molecule has 0 radical (unpaired) electrons. The van der Waals surface area contributed by atoms with Crippen molar-refractivity contribution in [3.63, 3.8) is 0 Å². The Morgan fingerprint density at radius 1 is 1.37 bits per heavy atom. The van der Waals surface area contributed by atoms with E-state index in [1.54, 1.807) is 13.1 Å². The van der Waals surface area contributed by atoms with E-state index in [-0.39, 0.29) is 23.1 Å². The van der Waals surface area contributed by atoms with Crippen molar-refractivity contribution < 1.29 is 15.0 Å². The van der Waals surface area contributed by atoms with Crippen LogP contribution in [0.5, 0.6) is 11.5 Å². The van der Waals surface area contributed by atoms with Crippen LogP contribution in [0.25, 0.3) is 0 Å². The number of nitrogens with zero attached hydrogens (tertiary/aromatic N) is 1. The first-order chi connectivity index (χ1) is 8.99. The molecular formula is C13H14N2O3S. The summed E-state index contributed by atoms with van der Waals surface area (Å²) in [4.78, 5) is 17.3. The van der Waals surface area contributed by atoms with Crippen LogP contribution in [0.3, 0.4) is 0 Å². The number of aromatic nitrogens is 1. The molecule has 0 saturated heterocycles. The van der Waals surface area contributed by atoms with Gasteiger partial charge in [0.15, 0.2) is 0 Å². The molecule has 2 rings (SSSR count). The molecule has 100 valence electrons. The van der Waals surface area contributed by atoms with E-state index in [0.717, 1.165) is 9.88 Å². The van der Waals surface area contributed by atoms with Gasteiger partial charge < -0.3 is 15.5 Å². The summed E-state index contributed by atoms with van der Waals surface area (Å²) in [6.07, 6.45) is 1.74. The van der Waals surface area contributed by atoms with Crippen LogP contribution in [0.2, 0.25) is 0 Å². The highest BCUT2D eigenvalue weighted by Gasteiger charge is 2.19. The maximum Gasteiger partial charge on any atom is 0.259 e. The van der Waals surface area contributed by atoms with Gasteiger partial charge in [-0.15, -0.1) is 11.3 Å². The Morgan fingerprint density at radius 2 is 2.00 bits per heavy atom. The second-order valence-electron chi connectivity index (χ2n) is 4.18. The van der Waals surface area contributed by atoms with Crippen molar-refractivity contribution in [1.82, 2.24) is 10.3 Å². The first kappa shape index (κ1) is 13.4. The minimum absolute atomic E-state index is 0.123. The number of thiazole rings is 1. The lowest BCUT2D eigenvalue weighted by Crippen LogP contribution is -2.26. The minimum Gasteiger partial charge on any atom is -0.507 e. The van der Waals surface area contributed by atoms with Crippen molar-refractivity contribution in [2.45, 2.75) is 19.9 Å². The Bertz CT molecular complexity index is 589. The highest BCUT2D eigenvalue weighted by atomic mass is 32.1. The third kappa shape index (κ3) is 2.85. The van der Waals surface area contributed by atoms with Crippen LogP contribution in [0, 0.1) is 6.92 Å². The standard InChI is InChI=1S/C13H14N2O3S/c1-7-6-14-13(19-7)8(2)15-12(18)11-9(16)4-3-5-10(11)17/h3-6,8,16-17H,1-2H3,(H,15,18). The van der Waals surface area contributed by atoms with Gasteiger partial charge in [-0.2, -0.15) is 0 Å². The van der Waals surface area contributed by atoms with Gasteiger partial charge in [0.05, 0.1) is 6.04 Å². The van der Waals surface area contributed by atoms with E-state index >= 15 is 0 Å². The summed E-state index contributed by atoms with van der Waals surface area (Å²) in [5.74, 6) is -1.03. The van der Waals surface area contributed by atoms with E-state index in [9.17, 15) is 15.0 Å². The van der Waals surface area contributed by atoms with E-state index < -0.39 is 5.91 Å². The third-order valence-corrected chi connectivity index (χ3v) is 3.70. The van der Waals surface area contributed by atoms with Gasteiger partial charge >= 0.3 is 0 Å². The van der Waals surface area contributed by atoms with Gasteiger partial charge in [0.2, 0.25) is 0 Å². The Labute approximate surface area is 114 Å². The van der Waals surface area contributed by atoms with Crippen molar-refractivity contribution in [3.05, 3.63) is 39.8 Å². The largest absolute Gasteiger partial charge is 0.507 e. The number of carbonyl (C=O) groups excluding carboxylic acids is 1. The molecule has 0 bridgehead atoms. The van der Waals surface area contributed by atoms with Gasteiger partial charge in [-0.05, 0) is 26.0 Å². The molecule has 0 fully saturated rings. The topological polar surface area (TPSA) is 82.5 Å². The Balaban J connectivity index is 2.17. The number of amides is 1. The number of phenols is 2. The van der Waals surface area contributed by atoms with Crippen LogP contribution in [0.15, 0.2) is 24.4 Å². The third-order valence-electron chi connectivity index (χ3n) is 2.60. The fraction of sp³-hybridized carbons (Fsp3) is 0.231. The molecule has 19 heavy (non-hydrogen) atoms. The highest BCUT2D eigenvalue weighted by Crippen LogP contribution is 2.27. The number of aryl methyl sites for hydroxylation is 1. The predicted octanol–water partition coefficient (Wildman–Crippen LogP) is 2.35. The van der Waals surface area contributed by atoms with Crippen molar-refractivity contribution in [2.24, 2.45) is 0 Å². The van der Waals surface area contributed by atoms with Crippen LogP contribution in [-0.2, 0) is 0 Å². The highest BCUT2D eigenvalue weighted by molar-refractivity contribution is 7.11. The maximum absolute atomic E-state index is 12.0.